The van der Waals surface area contributed by atoms with Gasteiger partial charge in [0.25, 0.3) is 0 Å². The molecule has 1 rings (SSSR count). The van der Waals surface area contributed by atoms with Crippen LogP contribution in [-0.4, -0.2) is 6.54 Å². The van der Waals surface area contributed by atoms with Gasteiger partial charge in [0.1, 0.15) is 5.82 Å². The van der Waals surface area contributed by atoms with Crippen molar-refractivity contribution < 1.29 is 4.39 Å². The number of nitrogens with one attached hydrogen (secondary N) is 1. The average Bonchev–Trinajstić information content (AvgIpc) is 2.19. The average molecular weight is 214 g/mol. The Labute approximate surface area is 88.6 Å². The van der Waals surface area contributed by atoms with Gasteiger partial charge in [-0.1, -0.05) is 30.7 Å². The molecule has 1 atom stereocenters. The van der Waals surface area contributed by atoms with Crippen LogP contribution in [0, 0.1) is 5.82 Å². The molecule has 0 aliphatic carbocycles. The predicted octanol–water partition coefficient (Wildman–Crippen LogP) is 3.32. The molecule has 0 saturated carbocycles. The minimum atomic E-state index is -0.395. The van der Waals surface area contributed by atoms with Crippen molar-refractivity contribution in [2.45, 2.75) is 13.0 Å². The molecule has 1 nitrogen and oxygen atoms in total. The van der Waals surface area contributed by atoms with Crippen LogP contribution in [0.4, 0.5) is 4.39 Å². The van der Waals surface area contributed by atoms with Gasteiger partial charge in [0, 0.05) is 0 Å². The lowest BCUT2D eigenvalue weighted by molar-refractivity contribution is 0.610. The number of benzene rings is 1. The molecular formula is C11H13ClFN. The highest BCUT2D eigenvalue weighted by Gasteiger charge is 2.08. The van der Waals surface area contributed by atoms with E-state index in [-0.39, 0.29) is 11.1 Å². The van der Waals surface area contributed by atoms with Crippen LogP contribution in [0.1, 0.15) is 18.5 Å². The molecule has 0 saturated heterocycles. The first-order valence-corrected chi connectivity index (χ1v) is 4.87. The minimum absolute atomic E-state index is 0.0215. The predicted molar refractivity (Wildman–Crippen MR) is 58.0 cm³/mol. The van der Waals surface area contributed by atoms with Crippen LogP contribution in [0.15, 0.2) is 30.9 Å². The van der Waals surface area contributed by atoms with Crippen molar-refractivity contribution in [3.8, 4) is 0 Å². The maximum Gasteiger partial charge on any atom is 0.142 e. The van der Waals surface area contributed by atoms with E-state index >= 15 is 0 Å². The lowest BCUT2D eigenvalue weighted by Crippen LogP contribution is -2.18. The number of hydrogen-bond donors (Lipinski definition) is 1. The van der Waals surface area contributed by atoms with Crippen LogP contribution >= 0.6 is 11.6 Å². The number of hydrogen-bond acceptors (Lipinski definition) is 1. The molecule has 1 aromatic carbocycles. The first-order valence-electron chi connectivity index (χ1n) is 4.50. The normalized spacial score (nSPS) is 12.5. The number of rotatable bonds is 4. The second-order valence-corrected chi connectivity index (χ2v) is 3.35. The van der Waals surface area contributed by atoms with Crippen molar-refractivity contribution in [1.82, 2.24) is 5.32 Å². The smallest absolute Gasteiger partial charge is 0.142 e. The summed E-state index contributed by atoms with van der Waals surface area (Å²) in [4.78, 5) is 0. The maximum atomic E-state index is 13.1. The van der Waals surface area contributed by atoms with E-state index in [1.165, 1.54) is 6.07 Å². The molecule has 0 fully saturated rings. The fourth-order valence-corrected chi connectivity index (χ4v) is 1.38. The molecule has 0 amide bonds. The van der Waals surface area contributed by atoms with Gasteiger partial charge in [0.05, 0.1) is 11.1 Å². The van der Waals surface area contributed by atoms with Gasteiger partial charge in [0.15, 0.2) is 0 Å². The Morgan fingerprint density at radius 2 is 2.36 bits per heavy atom. The van der Waals surface area contributed by atoms with Crippen molar-refractivity contribution in [3.63, 3.8) is 0 Å². The second-order valence-electron chi connectivity index (χ2n) is 2.94. The molecule has 1 N–H and O–H groups in total. The molecule has 76 valence electrons. The molecule has 0 bridgehead atoms. The molecule has 3 heteroatoms. The summed E-state index contributed by atoms with van der Waals surface area (Å²) in [7, 11) is 0. The van der Waals surface area contributed by atoms with Gasteiger partial charge >= 0.3 is 0 Å². The van der Waals surface area contributed by atoms with Gasteiger partial charge < -0.3 is 5.32 Å². The summed E-state index contributed by atoms with van der Waals surface area (Å²) in [6, 6.07) is 4.75. The van der Waals surface area contributed by atoms with Gasteiger partial charge in [-0.2, -0.15) is 0 Å². The fourth-order valence-electron chi connectivity index (χ4n) is 1.26. The highest BCUT2D eigenvalue weighted by molar-refractivity contribution is 6.30. The van der Waals surface area contributed by atoms with Crippen molar-refractivity contribution in [2.24, 2.45) is 0 Å². The largest absolute Gasteiger partial charge is 0.307 e. The van der Waals surface area contributed by atoms with Crippen LogP contribution in [0.5, 0.6) is 0 Å². The van der Waals surface area contributed by atoms with Crippen molar-refractivity contribution in [3.05, 3.63) is 47.3 Å². The van der Waals surface area contributed by atoms with E-state index in [1.807, 2.05) is 6.92 Å². The van der Waals surface area contributed by atoms with E-state index in [0.717, 1.165) is 12.1 Å². The van der Waals surface area contributed by atoms with Crippen LogP contribution in [0.25, 0.3) is 0 Å². The molecule has 0 aromatic heterocycles. The highest BCUT2D eigenvalue weighted by Crippen LogP contribution is 2.20. The standard InChI is InChI=1S/C11H13ClFN/c1-3-11(14-4-2)8-5-6-9(12)10(13)7-8/h3,5-7,11,14H,1,4H2,2H3. The van der Waals surface area contributed by atoms with Gasteiger partial charge in [-0.3, -0.25) is 0 Å². The van der Waals surface area contributed by atoms with Gasteiger partial charge in [-0.15, -0.1) is 6.58 Å². The van der Waals surface area contributed by atoms with E-state index in [1.54, 1.807) is 18.2 Å². The summed E-state index contributed by atoms with van der Waals surface area (Å²) < 4.78 is 13.1. The van der Waals surface area contributed by atoms with E-state index in [4.69, 9.17) is 11.6 Å². The van der Waals surface area contributed by atoms with Crippen LogP contribution in [0.2, 0.25) is 5.02 Å². The lowest BCUT2D eigenvalue weighted by atomic mass is 10.1. The van der Waals surface area contributed by atoms with Gasteiger partial charge in [-0.25, -0.2) is 4.39 Å². The molecule has 14 heavy (non-hydrogen) atoms. The van der Waals surface area contributed by atoms with Gasteiger partial charge in [0.2, 0.25) is 0 Å². The molecule has 0 aliphatic heterocycles. The lowest BCUT2D eigenvalue weighted by Gasteiger charge is -2.13. The fraction of sp³-hybridized carbons (Fsp3) is 0.273. The summed E-state index contributed by atoms with van der Waals surface area (Å²) in [6.45, 7) is 6.49. The van der Waals surface area contributed by atoms with E-state index < -0.39 is 5.82 Å². The molecule has 1 unspecified atom stereocenters. The van der Waals surface area contributed by atoms with Crippen LogP contribution in [0.3, 0.4) is 0 Å². The van der Waals surface area contributed by atoms with Gasteiger partial charge in [-0.05, 0) is 24.2 Å². The van der Waals surface area contributed by atoms with Crippen molar-refractivity contribution >= 4 is 11.6 Å². The zero-order chi connectivity index (χ0) is 10.6. The highest BCUT2D eigenvalue weighted by atomic mass is 35.5. The maximum absolute atomic E-state index is 13.1. The Morgan fingerprint density at radius 3 is 2.86 bits per heavy atom. The van der Waals surface area contributed by atoms with Crippen LogP contribution < -0.4 is 5.32 Å². The molecule has 1 aromatic rings. The first kappa shape index (κ1) is 11.2. The van der Waals surface area contributed by atoms with Crippen LogP contribution in [-0.2, 0) is 0 Å². The van der Waals surface area contributed by atoms with Crippen molar-refractivity contribution in [2.75, 3.05) is 6.54 Å². The Hall–Kier alpha value is -0.860. The molecule has 0 heterocycles. The summed E-state index contributed by atoms with van der Waals surface area (Å²) in [6.07, 6.45) is 1.74. The molecule has 0 aliphatic rings. The van der Waals surface area contributed by atoms with E-state index in [9.17, 15) is 4.39 Å². The Morgan fingerprint density at radius 1 is 1.64 bits per heavy atom. The minimum Gasteiger partial charge on any atom is -0.307 e. The SMILES string of the molecule is C=CC(NCC)c1ccc(Cl)c(F)c1. The molecule has 0 spiro atoms. The topological polar surface area (TPSA) is 12.0 Å². The number of likely N-dealkylation sites (N-methyl/N-ethyl adjacent to an activating group) is 1. The Kier molecular flexibility index (Phi) is 4.11. The Bertz CT molecular complexity index is 325. The third-order valence-electron chi connectivity index (χ3n) is 1.96. The summed E-state index contributed by atoms with van der Waals surface area (Å²) >= 11 is 5.58. The quantitative estimate of drug-likeness (QED) is 0.757. The van der Waals surface area contributed by atoms with Crippen molar-refractivity contribution in [1.29, 1.82) is 0 Å². The third kappa shape index (κ3) is 2.56. The third-order valence-corrected chi connectivity index (χ3v) is 2.27. The summed E-state index contributed by atoms with van der Waals surface area (Å²) in [5.74, 6) is -0.395. The molecule has 0 radical (unpaired) electrons. The zero-order valence-corrected chi connectivity index (χ0v) is 8.81. The van der Waals surface area contributed by atoms with E-state index in [2.05, 4.69) is 11.9 Å². The molecular weight excluding hydrogens is 201 g/mol. The zero-order valence-electron chi connectivity index (χ0n) is 8.06. The van der Waals surface area contributed by atoms with E-state index in [0.29, 0.717) is 0 Å². The summed E-state index contributed by atoms with van der Waals surface area (Å²) in [5.41, 5.74) is 0.837. The summed E-state index contributed by atoms with van der Waals surface area (Å²) in [5, 5.41) is 3.31. The first-order chi connectivity index (χ1) is 6.69. The second kappa shape index (κ2) is 5.13. The monoisotopic (exact) mass is 213 g/mol. The Balaban J connectivity index is 2.93. The number of halogens is 2.